The number of hydrogen-bond acceptors (Lipinski definition) is 2. The molecule has 0 aliphatic heterocycles. The normalized spacial score (nSPS) is 12.9. The standard InChI is InChI=1S/C13H20OS/c1-5-12(8-14)15-13-10(3)6-9(2)7-11(13)4/h6-7,12,14H,5,8H2,1-4H3. The van der Waals surface area contributed by atoms with Gasteiger partial charge in [0.1, 0.15) is 0 Å². The Morgan fingerprint density at radius 1 is 1.20 bits per heavy atom. The molecule has 0 amide bonds. The molecule has 0 bridgehead atoms. The molecule has 1 unspecified atom stereocenters. The Labute approximate surface area is 96.9 Å². The summed E-state index contributed by atoms with van der Waals surface area (Å²) >= 11 is 1.80. The Morgan fingerprint density at radius 3 is 2.13 bits per heavy atom. The van der Waals surface area contributed by atoms with E-state index in [0.717, 1.165) is 6.42 Å². The van der Waals surface area contributed by atoms with Gasteiger partial charge in [0.25, 0.3) is 0 Å². The van der Waals surface area contributed by atoms with Crippen molar-refractivity contribution in [2.45, 2.75) is 44.3 Å². The van der Waals surface area contributed by atoms with Gasteiger partial charge in [0.2, 0.25) is 0 Å². The van der Waals surface area contributed by atoms with Crippen molar-refractivity contribution >= 4 is 11.8 Å². The summed E-state index contributed by atoms with van der Waals surface area (Å²) in [5.41, 5.74) is 3.96. The number of benzene rings is 1. The second-order valence-corrected chi connectivity index (χ2v) is 5.37. The molecule has 15 heavy (non-hydrogen) atoms. The van der Waals surface area contributed by atoms with Crippen LogP contribution in [0.15, 0.2) is 17.0 Å². The second-order valence-electron chi connectivity index (χ2n) is 4.06. The molecular weight excluding hydrogens is 204 g/mol. The van der Waals surface area contributed by atoms with E-state index in [4.69, 9.17) is 0 Å². The summed E-state index contributed by atoms with van der Waals surface area (Å²) in [5, 5.41) is 9.53. The molecular formula is C13H20OS. The Hall–Kier alpha value is -0.470. The first-order valence-corrected chi connectivity index (χ1v) is 6.31. The van der Waals surface area contributed by atoms with Gasteiger partial charge in [-0.1, -0.05) is 24.6 Å². The van der Waals surface area contributed by atoms with E-state index >= 15 is 0 Å². The van der Waals surface area contributed by atoms with Crippen LogP contribution >= 0.6 is 11.8 Å². The third kappa shape index (κ3) is 3.25. The zero-order valence-corrected chi connectivity index (χ0v) is 10.8. The fraction of sp³-hybridized carbons (Fsp3) is 0.538. The summed E-state index contributed by atoms with van der Waals surface area (Å²) in [4.78, 5) is 1.33. The summed E-state index contributed by atoms with van der Waals surface area (Å²) < 4.78 is 0. The van der Waals surface area contributed by atoms with Gasteiger partial charge in [-0.25, -0.2) is 0 Å². The molecule has 0 saturated carbocycles. The average molecular weight is 224 g/mol. The van der Waals surface area contributed by atoms with Crippen LogP contribution in [0, 0.1) is 20.8 Å². The Bertz CT molecular complexity index is 306. The van der Waals surface area contributed by atoms with Gasteiger partial charge in [0.05, 0.1) is 6.61 Å². The molecule has 0 saturated heterocycles. The number of hydrogen-bond donors (Lipinski definition) is 1. The molecule has 0 spiro atoms. The predicted molar refractivity (Wildman–Crippen MR) is 67.7 cm³/mol. The molecule has 0 radical (unpaired) electrons. The highest BCUT2D eigenvalue weighted by Crippen LogP contribution is 2.31. The van der Waals surface area contributed by atoms with Crippen molar-refractivity contribution < 1.29 is 5.11 Å². The van der Waals surface area contributed by atoms with E-state index in [2.05, 4.69) is 39.8 Å². The maximum absolute atomic E-state index is 9.20. The van der Waals surface area contributed by atoms with Crippen LogP contribution in [-0.2, 0) is 0 Å². The van der Waals surface area contributed by atoms with Crippen molar-refractivity contribution in [3.05, 3.63) is 28.8 Å². The van der Waals surface area contributed by atoms with Crippen LogP contribution in [-0.4, -0.2) is 17.0 Å². The molecule has 0 aliphatic rings. The highest BCUT2D eigenvalue weighted by Gasteiger charge is 2.11. The first kappa shape index (κ1) is 12.6. The minimum Gasteiger partial charge on any atom is -0.395 e. The molecule has 0 heterocycles. The fourth-order valence-corrected chi connectivity index (χ4v) is 2.83. The molecule has 1 aromatic carbocycles. The zero-order valence-electron chi connectivity index (χ0n) is 10.0. The average Bonchev–Trinajstić information content (AvgIpc) is 2.17. The first-order chi connectivity index (χ1) is 7.08. The van der Waals surface area contributed by atoms with E-state index in [-0.39, 0.29) is 6.61 Å². The highest BCUT2D eigenvalue weighted by molar-refractivity contribution is 8.00. The van der Waals surface area contributed by atoms with Crippen molar-refractivity contribution in [2.75, 3.05) is 6.61 Å². The van der Waals surface area contributed by atoms with Crippen molar-refractivity contribution in [2.24, 2.45) is 0 Å². The van der Waals surface area contributed by atoms with Gasteiger partial charge in [-0.15, -0.1) is 11.8 Å². The summed E-state index contributed by atoms with van der Waals surface area (Å²) in [5.74, 6) is 0. The summed E-state index contributed by atoms with van der Waals surface area (Å²) in [7, 11) is 0. The monoisotopic (exact) mass is 224 g/mol. The lowest BCUT2D eigenvalue weighted by molar-refractivity contribution is 0.292. The molecule has 1 atom stereocenters. The van der Waals surface area contributed by atoms with Gasteiger partial charge in [-0.05, 0) is 38.3 Å². The SMILES string of the molecule is CCC(CO)Sc1c(C)cc(C)cc1C. The lowest BCUT2D eigenvalue weighted by Crippen LogP contribution is -2.07. The molecule has 1 nitrogen and oxygen atoms in total. The van der Waals surface area contributed by atoms with Crippen LogP contribution in [0.4, 0.5) is 0 Å². The molecule has 0 fully saturated rings. The van der Waals surface area contributed by atoms with Gasteiger partial charge in [0.15, 0.2) is 0 Å². The largest absolute Gasteiger partial charge is 0.395 e. The van der Waals surface area contributed by atoms with Crippen molar-refractivity contribution in [1.82, 2.24) is 0 Å². The van der Waals surface area contributed by atoms with Gasteiger partial charge in [0, 0.05) is 10.1 Å². The van der Waals surface area contributed by atoms with Gasteiger partial charge in [-0.3, -0.25) is 0 Å². The maximum atomic E-state index is 9.20. The lowest BCUT2D eigenvalue weighted by atomic mass is 10.1. The number of aliphatic hydroxyl groups excluding tert-OH is 1. The molecule has 1 aromatic rings. The number of rotatable bonds is 4. The molecule has 0 aliphatic carbocycles. The van der Waals surface area contributed by atoms with Crippen LogP contribution < -0.4 is 0 Å². The smallest absolute Gasteiger partial charge is 0.0553 e. The first-order valence-electron chi connectivity index (χ1n) is 5.43. The Kier molecular flexibility index (Phi) is 4.68. The number of thioether (sulfide) groups is 1. The van der Waals surface area contributed by atoms with Crippen molar-refractivity contribution in [1.29, 1.82) is 0 Å². The lowest BCUT2D eigenvalue weighted by Gasteiger charge is -2.16. The molecule has 1 N–H and O–H groups in total. The zero-order chi connectivity index (χ0) is 11.4. The van der Waals surface area contributed by atoms with Crippen LogP contribution in [0.3, 0.4) is 0 Å². The van der Waals surface area contributed by atoms with Crippen molar-refractivity contribution in [3.8, 4) is 0 Å². The van der Waals surface area contributed by atoms with Crippen molar-refractivity contribution in [3.63, 3.8) is 0 Å². The fourth-order valence-electron chi connectivity index (χ4n) is 1.77. The van der Waals surface area contributed by atoms with Gasteiger partial charge < -0.3 is 5.11 Å². The van der Waals surface area contributed by atoms with Gasteiger partial charge >= 0.3 is 0 Å². The van der Waals surface area contributed by atoms with E-state index in [0.29, 0.717) is 5.25 Å². The highest BCUT2D eigenvalue weighted by atomic mass is 32.2. The van der Waals surface area contributed by atoms with E-state index in [9.17, 15) is 5.11 Å². The molecule has 0 aromatic heterocycles. The van der Waals surface area contributed by atoms with E-state index in [1.54, 1.807) is 11.8 Å². The summed E-state index contributed by atoms with van der Waals surface area (Å²) in [6, 6.07) is 4.42. The van der Waals surface area contributed by atoms with E-state index < -0.39 is 0 Å². The molecule has 2 heteroatoms. The summed E-state index contributed by atoms with van der Waals surface area (Å²) in [6.07, 6.45) is 1.01. The molecule has 84 valence electrons. The number of aryl methyl sites for hydroxylation is 3. The Balaban J connectivity index is 2.94. The second kappa shape index (κ2) is 5.57. The van der Waals surface area contributed by atoms with E-state index in [1.807, 2.05) is 0 Å². The minimum atomic E-state index is 0.258. The van der Waals surface area contributed by atoms with Crippen LogP contribution in [0.1, 0.15) is 30.0 Å². The van der Waals surface area contributed by atoms with Crippen LogP contribution in [0.2, 0.25) is 0 Å². The van der Waals surface area contributed by atoms with Gasteiger partial charge in [-0.2, -0.15) is 0 Å². The summed E-state index contributed by atoms with van der Waals surface area (Å²) in [6.45, 7) is 8.79. The third-order valence-corrected chi connectivity index (χ3v) is 4.24. The van der Waals surface area contributed by atoms with Crippen LogP contribution in [0.25, 0.3) is 0 Å². The minimum absolute atomic E-state index is 0.258. The Morgan fingerprint density at radius 2 is 1.73 bits per heavy atom. The maximum Gasteiger partial charge on any atom is 0.0553 e. The van der Waals surface area contributed by atoms with E-state index in [1.165, 1.54) is 21.6 Å². The third-order valence-electron chi connectivity index (χ3n) is 2.55. The number of aliphatic hydroxyl groups is 1. The topological polar surface area (TPSA) is 20.2 Å². The van der Waals surface area contributed by atoms with Crippen LogP contribution in [0.5, 0.6) is 0 Å². The predicted octanol–water partition coefficient (Wildman–Crippen LogP) is 3.47. The quantitative estimate of drug-likeness (QED) is 0.790. The molecule has 1 rings (SSSR count).